The Balaban J connectivity index is 1.41. The van der Waals surface area contributed by atoms with Crippen LogP contribution in [-0.4, -0.2) is 67.9 Å². The van der Waals surface area contributed by atoms with Gasteiger partial charge in [-0.15, -0.1) is 0 Å². The Kier molecular flexibility index (Phi) is 5.15. The first kappa shape index (κ1) is 17.7. The minimum absolute atomic E-state index is 0.0371. The van der Waals surface area contributed by atoms with Gasteiger partial charge < -0.3 is 10.2 Å². The van der Waals surface area contributed by atoms with Gasteiger partial charge in [0.05, 0.1) is 6.26 Å². The van der Waals surface area contributed by atoms with E-state index >= 15 is 0 Å². The summed E-state index contributed by atoms with van der Waals surface area (Å²) in [6.45, 7) is 2.30. The summed E-state index contributed by atoms with van der Waals surface area (Å²) >= 11 is 0. The highest BCUT2D eigenvalue weighted by Crippen LogP contribution is 2.32. The SMILES string of the molecule is CS(=O)(=O)N1CCC(C(=O)NC2CCN(C(=O)C3CC3)CC2)CC1. The van der Waals surface area contributed by atoms with Crippen LogP contribution in [0.5, 0.6) is 0 Å². The zero-order valence-electron chi connectivity index (χ0n) is 14.2. The molecule has 8 heteroatoms. The predicted octanol–water partition coefficient (Wildman–Crippen LogP) is 0.175. The van der Waals surface area contributed by atoms with Crippen LogP contribution in [0.2, 0.25) is 0 Å². The Bertz CT molecular complexity index is 586. The maximum absolute atomic E-state index is 12.4. The molecule has 0 atom stereocenters. The van der Waals surface area contributed by atoms with Crippen molar-refractivity contribution >= 4 is 21.8 Å². The number of carbonyl (C=O) groups is 2. The molecule has 2 saturated heterocycles. The van der Waals surface area contributed by atoms with Crippen LogP contribution in [0.25, 0.3) is 0 Å². The van der Waals surface area contributed by atoms with Crippen molar-refractivity contribution in [3.05, 3.63) is 0 Å². The van der Waals surface area contributed by atoms with Crippen molar-refractivity contribution in [1.82, 2.24) is 14.5 Å². The maximum Gasteiger partial charge on any atom is 0.225 e. The zero-order chi connectivity index (χ0) is 17.3. The molecule has 2 aliphatic heterocycles. The van der Waals surface area contributed by atoms with Crippen molar-refractivity contribution < 1.29 is 18.0 Å². The molecule has 1 aliphatic carbocycles. The van der Waals surface area contributed by atoms with Crippen molar-refractivity contribution in [2.45, 2.75) is 44.6 Å². The normalized spacial score (nSPS) is 24.8. The van der Waals surface area contributed by atoms with E-state index in [-0.39, 0.29) is 29.7 Å². The fourth-order valence-electron chi connectivity index (χ4n) is 3.60. The van der Waals surface area contributed by atoms with Crippen LogP contribution >= 0.6 is 0 Å². The van der Waals surface area contributed by atoms with Crippen molar-refractivity contribution in [1.29, 1.82) is 0 Å². The smallest absolute Gasteiger partial charge is 0.225 e. The van der Waals surface area contributed by atoms with Gasteiger partial charge in [-0.1, -0.05) is 0 Å². The molecule has 136 valence electrons. The van der Waals surface area contributed by atoms with Crippen LogP contribution in [0.15, 0.2) is 0 Å². The summed E-state index contributed by atoms with van der Waals surface area (Å²) in [5.41, 5.74) is 0. The molecule has 3 aliphatic rings. The fourth-order valence-corrected chi connectivity index (χ4v) is 4.48. The van der Waals surface area contributed by atoms with Gasteiger partial charge in [0.2, 0.25) is 21.8 Å². The molecule has 0 aromatic carbocycles. The van der Waals surface area contributed by atoms with Gasteiger partial charge in [0, 0.05) is 44.1 Å². The van der Waals surface area contributed by atoms with Crippen LogP contribution in [0.1, 0.15) is 38.5 Å². The molecule has 7 nitrogen and oxygen atoms in total. The average Bonchev–Trinajstić information content (AvgIpc) is 3.39. The third-order valence-electron chi connectivity index (χ3n) is 5.37. The van der Waals surface area contributed by atoms with Crippen molar-refractivity contribution in [3.63, 3.8) is 0 Å². The molecular weight excluding hydrogens is 330 g/mol. The lowest BCUT2D eigenvalue weighted by molar-refractivity contribution is -0.133. The van der Waals surface area contributed by atoms with Crippen LogP contribution in [0.3, 0.4) is 0 Å². The minimum Gasteiger partial charge on any atom is -0.353 e. The lowest BCUT2D eigenvalue weighted by Gasteiger charge is -2.34. The van der Waals surface area contributed by atoms with E-state index in [0.717, 1.165) is 38.8 Å². The number of carbonyl (C=O) groups excluding carboxylic acids is 2. The summed E-state index contributed by atoms with van der Waals surface area (Å²) in [5.74, 6) is 0.480. The minimum atomic E-state index is -3.15. The highest BCUT2D eigenvalue weighted by Gasteiger charge is 2.35. The molecule has 1 N–H and O–H groups in total. The van der Waals surface area contributed by atoms with E-state index in [4.69, 9.17) is 0 Å². The summed E-state index contributed by atoms with van der Waals surface area (Å²) in [5, 5.41) is 3.10. The molecule has 0 spiro atoms. The molecule has 24 heavy (non-hydrogen) atoms. The molecule has 2 heterocycles. The Hall–Kier alpha value is -1.15. The van der Waals surface area contributed by atoms with E-state index in [0.29, 0.717) is 25.9 Å². The Morgan fingerprint density at radius 3 is 1.96 bits per heavy atom. The molecule has 0 unspecified atom stereocenters. The largest absolute Gasteiger partial charge is 0.353 e. The first-order chi connectivity index (χ1) is 11.3. The second-order valence-electron chi connectivity index (χ2n) is 7.32. The topological polar surface area (TPSA) is 86.8 Å². The first-order valence-corrected chi connectivity index (χ1v) is 10.7. The Labute approximate surface area is 143 Å². The van der Waals surface area contributed by atoms with E-state index in [1.165, 1.54) is 10.6 Å². The number of amides is 2. The van der Waals surface area contributed by atoms with E-state index in [9.17, 15) is 18.0 Å². The van der Waals surface area contributed by atoms with Gasteiger partial charge >= 0.3 is 0 Å². The van der Waals surface area contributed by atoms with Crippen LogP contribution < -0.4 is 5.32 Å². The molecule has 1 saturated carbocycles. The molecule has 3 rings (SSSR count). The molecule has 0 bridgehead atoms. The fraction of sp³-hybridized carbons (Fsp3) is 0.875. The highest BCUT2D eigenvalue weighted by atomic mass is 32.2. The van der Waals surface area contributed by atoms with Crippen LogP contribution in [0, 0.1) is 11.8 Å². The van der Waals surface area contributed by atoms with Crippen molar-refractivity contribution in [3.8, 4) is 0 Å². The molecule has 0 radical (unpaired) electrons. The van der Waals surface area contributed by atoms with E-state index in [2.05, 4.69) is 5.32 Å². The van der Waals surface area contributed by atoms with E-state index in [1.807, 2.05) is 4.90 Å². The lowest BCUT2D eigenvalue weighted by atomic mass is 9.95. The summed E-state index contributed by atoms with van der Waals surface area (Å²) < 4.78 is 24.5. The summed E-state index contributed by atoms with van der Waals surface area (Å²) in [6, 6.07) is 0.133. The van der Waals surface area contributed by atoms with Gasteiger partial charge in [-0.25, -0.2) is 12.7 Å². The van der Waals surface area contributed by atoms with Crippen molar-refractivity contribution in [2.75, 3.05) is 32.4 Å². The number of hydrogen-bond acceptors (Lipinski definition) is 4. The second-order valence-corrected chi connectivity index (χ2v) is 9.30. The number of rotatable bonds is 4. The van der Waals surface area contributed by atoms with Gasteiger partial charge in [0.15, 0.2) is 0 Å². The van der Waals surface area contributed by atoms with Gasteiger partial charge in [-0.2, -0.15) is 0 Å². The van der Waals surface area contributed by atoms with Crippen molar-refractivity contribution in [2.24, 2.45) is 11.8 Å². The number of sulfonamides is 1. The van der Waals surface area contributed by atoms with Gasteiger partial charge in [0.1, 0.15) is 0 Å². The standard InChI is InChI=1S/C16H27N3O4S/c1-24(22,23)19-10-4-12(5-11-19)15(20)17-14-6-8-18(9-7-14)16(21)13-2-3-13/h12-14H,2-11H2,1H3,(H,17,20). The Morgan fingerprint density at radius 1 is 0.875 bits per heavy atom. The summed E-state index contributed by atoms with van der Waals surface area (Å²) in [7, 11) is -3.15. The molecule has 0 aromatic heterocycles. The molecule has 3 fully saturated rings. The number of hydrogen-bond donors (Lipinski definition) is 1. The quantitative estimate of drug-likeness (QED) is 0.777. The van der Waals surface area contributed by atoms with E-state index in [1.54, 1.807) is 0 Å². The van der Waals surface area contributed by atoms with Gasteiger partial charge in [-0.3, -0.25) is 9.59 Å². The number of nitrogens with one attached hydrogen (secondary N) is 1. The molecular formula is C16H27N3O4S. The van der Waals surface area contributed by atoms with Gasteiger partial charge in [-0.05, 0) is 38.5 Å². The number of piperidine rings is 2. The second kappa shape index (κ2) is 7.00. The number of likely N-dealkylation sites (tertiary alicyclic amines) is 1. The summed E-state index contributed by atoms with van der Waals surface area (Å²) in [6.07, 6.45) is 6.06. The predicted molar refractivity (Wildman–Crippen MR) is 89.6 cm³/mol. The average molecular weight is 357 g/mol. The third kappa shape index (κ3) is 4.27. The summed E-state index contributed by atoms with van der Waals surface area (Å²) in [4.78, 5) is 26.4. The molecule has 0 aromatic rings. The Morgan fingerprint density at radius 2 is 1.46 bits per heavy atom. The zero-order valence-corrected chi connectivity index (χ0v) is 15.1. The third-order valence-corrected chi connectivity index (χ3v) is 6.68. The monoisotopic (exact) mass is 357 g/mol. The lowest BCUT2D eigenvalue weighted by Crippen LogP contribution is -2.49. The first-order valence-electron chi connectivity index (χ1n) is 8.89. The van der Waals surface area contributed by atoms with Crippen LogP contribution in [0.4, 0.5) is 0 Å². The van der Waals surface area contributed by atoms with Gasteiger partial charge in [0.25, 0.3) is 0 Å². The maximum atomic E-state index is 12.4. The highest BCUT2D eigenvalue weighted by molar-refractivity contribution is 7.88. The van der Waals surface area contributed by atoms with E-state index < -0.39 is 10.0 Å². The molecule has 2 amide bonds. The van der Waals surface area contributed by atoms with Crippen LogP contribution in [-0.2, 0) is 19.6 Å². The number of nitrogens with zero attached hydrogens (tertiary/aromatic N) is 2.